The summed E-state index contributed by atoms with van der Waals surface area (Å²) in [7, 11) is 3.81. The molecule has 0 unspecified atom stereocenters. The molecule has 0 radical (unpaired) electrons. The number of fused-ring (bicyclic) bond motifs is 1. The maximum absolute atomic E-state index is 13.7. The molecule has 8 nitrogen and oxygen atoms in total. The molecule has 0 atom stereocenters. The van der Waals surface area contributed by atoms with Crippen molar-refractivity contribution >= 4 is 34.4 Å². The van der Waals surface area contributed by atoms with E-state index in [0.29, 0.717) is 25.2 Å². The molecule has 4 aromatic rings. The number of anilines is 1. The minimum atomic E-state index is -2.88. The molecule has 1 amide bonds. The van der Waals surface area contributed by atoms with Crippen molar-refractivity contribution in [2.45, 2.75) is 44.7 Å². The summed E-state index contributed by atoms with van der Waals surface area (Å²) in [6, 6.07) is 14.3. The van der Waals surface area contributed by atoms with Gasteiger partial charge in [-0.2, -0.15) is 0 Å². The molecule has 0 saturated heterocycles. The topological polar surface area (TPSA) is 85.0 Å². The number of halogens is 3. The van der Waals surface area contributed by atoms with Crippen molar-refractivity contribution in [3.8, 4) is 5.82 Å². The van der Waals surface area contributed by atoms with Crippen LogP contribution in [0.5, 0.6) is 0 Å². The Morgan fingerprint density at radius 2 is 1.82 bits per heavy atom. The van der Waals surface area contributed by atoms with Crippen molar-refractivity contribution in [2.24, 2.45) is 5.92 Å². The molecule has 1 saturated carbocycles. The summed E-state index contributed by atoms with van der Waals surface area (Å²) in [6.07, 6.45) is 1.14. The number of benzene rings is 1. The summed E-state index contributed by atoms with van der Waals surface area (Å²) in [6.45, 7) is 0.536. The Kier molecular flexibility index (Phi) is 7.65. The summed E-state index contributed by atoms with van der Waals surface area (Å²) < 4.78 is 30.1. The number of nitrogens with zero attached hydrogens (tertiary/aromatic N) is 5. The molecule has 1 aliphatic rings. The van der Waals surface area contributed by atoms with E-state index in [1.165, 1.54) is 6.07 Å². The monoisotopic (exact) mass is 554 g/mol. The highest BCUT2D eigenvalue weighted by molar-refractivity contribution is 6.30. The number of imidazole rings is 1. The van der Waals surface area contributed by atoms with E-state index < -0.39 is 18.0 Å². The number of rotatable bonds is 7. The van der Waals surface area contributed by atoms with Crippen LogP contribution in [0, 0.1) is 5.92 Å². The lowest BCUT2D eigenvalue weighted by molar-refractivity contribution is 0.0904. The minimum Gasteiger partial charge on any atom is -0.363 e. The van der Waals surface area contributed by atoms with Crippen LogP contribution in [0.1, 0.15) is 48.2 Å². The fourth-order valence-corrected chi connectivity index (χ4v) is 5.37. The van der Waals surface area contributed by atoms with Crippen LogP contribution in [0.4, 0.5) is 14.6 Å². The van der Waals surface area contributed by atoms with Gasteiger partial charge in [0.25, 0.3) is 12.3 Å². The Labute approximate surface area is 229 Å². The van der Waals surface area contributed by atoms with Crippen LogP contribution in [-0.2, 0) is 6.54 Å². The second-order valence-corrected chi connectivity index (χ2v) is 10.5. The molecule has 11 heteroatoms. The van der Waals surface area contributed by atoms with E-state index >= 15 is 0 Å². The number of hydrogen-bond acceptors (Lipinski definition) is 5. The fraction of sp³-hybridized carbons (Fsp3) is 0.357. The second-order valence-electron chi connectivity index (χ2n) is 10.0. The highest BCUT2D eigenvalue weighted by atomic mass is 35.5. The first-order valence-corrected chi connectivity index (χ1v) is 13.2. The highest BCUT2D eigenvalue weighted by Crippen LogP contribution is 2.29. The Hall–Kier alpha value is -3.79. The van der Waals surface area contributed by atoms with Crippen molar-refractivity contribution < 1.29 is 13.6 Å². The maximum atomic E-state index is 13.7. The van der Waals surface area contributed by atoms with Gasteiger partial charge in [-0.25, -0.2) is 23.1 Å². The number of aromatic nitrogens is 4. The highest BCUT2D eigenvalue weighted by Gasteiger charge is 2.27. The summed E-state index contributed by atoms with van der Waals surface area (Å²) in [5.41, 5.74) is 0.695. The molecule has 204 valence electrons. The van der Waals surface area contributed by atoms with Crippen LogP contribution in [0.2, 0.25) is 5.02 Å². The molecule has 1 aromatic carbocycles. The van der Waals surface area contributed by atoms with Gasteiger partial charge in [-0.3, -0.25) is 14.3 Å². The van der Waals surface area contributed by atoms with Crippen LogP contribution in [-0.4, -0.2) is 45.1 Å². The predicted molar refractivity (Wildman–Crippen MR) is 147 cm³/mol. The molecule has 3 heterocycles. The number of alkyl halides is 2. The van der Waals surface area contributed by atoms with E-state index in [2.05, 4.69) is 15.3 Å². The van der Waals surface area contributed by atoms with E-state index in [1.54, 1.807) is 9.13 Å². The van der Waals surface area contributed by atoms with Crippen LogP contribution in [0.25, 0.3) is 16.9 Å². The van der Waals surface area contributed by atoms with Gasteiger partial charge in [0.1, 0.15) is 17.3 Å². The van der Waals surface area contributed by atoms with E-state index in [1.807, 2.05) is 61.5 Å². The van der Waals surface area contributed by atoms with Gasteiger partial charge in [0.05, 0.1) is 21.6 Å². The molecule has 1 fully saturated rings. The van der Waals surface area contributed by atoms with Gasteiger partial charge < -0.3 is 10.2 Å². The number of carbonyl (C=O) groups is 1. The van der Waals surface area contributed by atoms with Crippen molar-refractivity contribution in [3.63, 3.8) is 0 Å². The summed E-state index contributed by atoms with van der Waals surface area (Å²) in [5.74, 6) is 0.938. The second kappa shape index (κ2) is 11.1. The molecule has 3 aromatic heterocycles. The molecule has 1 aliphatic carbocycles. The third kappa shape index (κ3) is 5.52. The first-order chi connectivity index (χ1) is 18.7. The summed E-state index contributed by atoms with van der Waals surface area (Å²) in [4.78, 5) is 36.6. The quantitative estimate of drug-likeness (QED) is 0.338. The number of carbonyl (C=O) groups excluding carboxylic acids is 1. The standard InChI is InChI=1S/C28H29ClF2N6O2/c1-35(2)23-8-5-9-24(34-23)37-22-7-4-3-6-21(22)36(28(37)39)16-17-10-12-19(13-11-17)33-27(38)20-14-18(29)15-32-25(20)26(30)31/h3-9,14-15,17,19,26H,10-13,16H2,1-2H3,(H,33,38). The third-order valence-electron chi connectivity index (χ3n) is 7.20. The predicted octanol–water partition coefficient (Wildman–Crippen LogP) is 5.23. The fourth-order valence-electron chi connectivity index (χ4n) is 5.21. The van der Waals surface area contributed by atoms with Crippen LogP contribution in [0.3, 0.4) is 0 Å². The van der Waals surface area contributed by atoms with Crippen molar-refractivity contribution in [3.05, 3.63) is 81.5 Å². The van der Waals surface area contributed by atoms with E-state index in [4.69, 9.17) is 11.6 Å². The maximum Gasteiger partial charge on any atom is 0.334 e. The number of amides is 1. The number of pyridine rings is 2. The lowest BCUT2D eigenvalue weighted by Crippen LogP contribution is -2.39. The molecule has 1 N–H and O–H groups in total. The molecule has 5 rings (SSSR count). The third-order valence-corrected chi connectivity index (χ3v) is 7.41. The Balaban J connectivity index is 1.31. The van der Waals surface area contributed by atoms with E-state index in [-0.39, 0.29) is 28.2 Å². The van der Waals surface area contributed by atoms with Crippen molar-refractivity contribution in [1.82, 2.24) is 24.4 Å². The van der Waals surface area contributed by atoms with Crippen LogP contribution < -0.4 is 15.9 Å². The number of hydrogen-bond donors (Lipinski definition) is 1. The minimum absolute atomic E-state index is 0.126. The molecule has 0 aliphatic heterocycles. The van der Waals surface area contributed by atoms with Gasteiger partial charge in [0, 0.05) is 32.9 Å². The van der Waals surface area contributed by atoms with Crippen molar-refractivity contribution in [1.29, 1.82) is 0 Å². The lowest BCUT2D eigenvalue weighted by Gasteiger charge is -2.29. The lowest BCUT2D eigenvalue weighted by atomic mass is 9.85. The van der Waals surface area contributed by atoms with Gasteiger partial charge in [0.2, 0.25) is 0 Å². The molecule has 0 spiro atoms. The average Bonchev–Trinajstić information content (AvgIpc) is 3.20. The van der Waals surface area contributed by atoms with Gasteiger partial charge >= 0.3 is 5.69 Å². The average molecular weight is 555 g/mol. The van der Waals surface area contributed by atoms with Gasteiger partial charge in [-0.15, -0.1) is 0 Å². The number of para-hydroxylation sites is 2. The molecular weight excluding hydrogens is 526 g/mol. The summed E-state index contributed by atoms with van der Waals surface area (Å²) in [5, 5.41) is 2.99. The zero-order chi connectivity index (χ0) is 27.7. The Bertz CT molecular complexity index is 1560. The van der Waals surface area contributed by atoms with E-state index in [0.717, 1.165) is 35.9 Å². The molecule has 0 bridgehead atoms. The molecular formula is C28H29ClF2N6O2. The Morgan fingerprint density at radius 1 is 1.10 bits per heavy atom. The van der Waals surface area contributed by atoms with Gasteiger partial charge in [-0.1, -0.05) is 29.8 Å². The zero-order valence-electron chi connectivity index (χ0n) is 21.7. The van der Waals surface area contributed by atoms with Crippen molar-refractivity contribution in [2.75, 3.05) is 19.0 Å². The van der Waals surface area contributed by atoms with Crippen LogP contribution in [0.15, 0.2) is 59.5 Å². The SMILES string of the molecule is CN(C)c1cccc(-n2c(=O)n(CC3CCC(NC(=O)c4cc(Cl)cnc4C(F)F)CC3)c3ccccc32)n1. The first kappa shape index (κ1) is 26.8. The normalized spacial score (nSPS) is 17.5. The molecule has 39 heavy (non-hydrogen) atoms. The van der Waals surface area contributed by atoms with Gasteiger partial charge in [-0.05, 0) is 61.9 Å². The van der Waals surface area contributed by atoms with Gasteiger partial charge in [0.15, 0.2) is 0 Å². The summed E-state index contributed by atoms with van der Waals surface area (Å²) >= 11 is 5.90. The first-order valence-electron chi connectivity index (χ1n) is 12.8. The smallest absolute Gasteiger partial charge is 0.334 e. The Morgan fingerprint density at radius 3 is 2.51 bits per heavy atom. The van der Waals surface area contributed by atoms with E-state index in [9.17, 15) is 18.4 Å². The van der Waals surface area contributed by atoms with Crippen LogP contribution >= 0.6 is 11.6 Å². The number of nitrogens with one attached hydrogen (secondary N) is 1. The largest absolute Gasteiger partial charge is 0.363 e. The zero-order valence-corrected chi connectivity index (χ0v) is 22.4.